The molecule has 0 atom stereocenters. The van der Waals surface area contributed by atoms with Crippen LogP contribution < -0.4 is 0 Å². The number of nitrogens with zero attached hydrogens (tertiary/aromatic N) is 2. The highest BCUT2D eigenvalue weighted by Crippen LogP contribution is 2.38. The number of benzene rings is 1. The summed E-state index contributed by atoms with van der Waals surface area (Å²) in [6.07, 6.45) is 1.08. The Hall–Kier alpha value is -1.34. The molecule has 0 amide bonds. The first kappa shape index (κ1) is 14.1. The highest BCUT2D eigenvalue weighted by Gasteiger charge is 2.15. The fraction of sp³-hybridized carbons (Fsp3) is 0.0769. The van der Waals surface area contributed by atoms with Gasteiger partial charge in [-0.05, 0) is 18.2 Å². The first-order valence-corrected chi connectivity index (χ1v) is 6.32. The molecule has 6 heteroatoms. The molecule has 0 saturated carbocycles. The van der Waals surface area contributed by atoms with E-state index in [4.69, 9.17) is 40.1 Å². The third kappa shape index (κ3) is 2.98. The minimum atomic E-state index is -0.529. The smallest absolute Gasteiger partial charge is 0.142 e. The Morgan fingerprint density at radius 3 is 2.37 bits per heavy atom. The molecule has 0 radical (unpaired) electrons. The summed E-state index contributed by atoms with van der Waals surface area (Å²) in [5.41, 5.74) is 1.23. The van der Waals surface area contributed by atoms with Gasteiger partial charge in [-0.15, -0.1) is 0 Å². The van der Waals surface area contributed by atoms with E-state index in [-0.39, 0.29) is 16.5 Å². The van der Waals surface area contributed by atoms with Crippen LogP contribution in [0.4, 0.5) is 4.39 Å². The molecule has 96 valence electrons. The van der Waals surface area contributed by atoms with Crippen LogP contribution in [-0.4, -0.2) is 4.98 Å². The number of hydrogen-bond donors (Lipinski definition) is 0. The van der Waals surface area contributed by atoms with Crippen molar-refractivity contribution < 1.29 is 4.39 Å². The molecule has 1 aromatic carbocycles. The lowest BCUT2D eigenvalue weighted by Gasteiger charge is -2.11. The second-order valence-electron chi connectivity index (χ2n) is 3.73. The van der Waals surface area contributed by atoms with Gasteiger partial charge in [-0.2, -0.15) is 5.26 Å². The number of nitriles is 1. The monoisotopic (exact) mass is 314 g/mol. The normalized spacial score (nSPS) is 10.3. The highest BCUT2D eigenvalue weighted by molar-refractivity contribution is 6.41. The Bertz CT molecular complexity index is 657. The van der Waals surface area contributed by atoms with Gasteiger partial charge in [0.2, 0.25) is 0 Å². The lowest BCUT2D eigenvalue weighted by atomic mass is 10.0. The molecule has 2 nitrogen and oxygen atoms in total. The van der Waals surface area contributed by atoms with Crippen molar-refractivity contribution in [2.45, 2.75) is 6.42 Å². The third-order valence-corrected chi connectivity index (χ3v) is 3.27. The second-order valence-corrected chi connectivity index (χ2v) is 4.98. The van der Waals surface area contributed by atoms with E-state index in [1.165, 1.54) is 18.2 Å². The zero-order chi connectivity index (χ0) is 14.0. The average Bonchev–Trinajstić information content (AvgIpc) is 2.31. The highest BCUT2D eigenvalue weighted by atomic mass is 35.5. The van der Waals surface area contributed by atoms with Gasteiger partial charge in [0, 0.05) is 16.1 Å². The largest absolute Gasteiger partial charge is 0.257 e. The number of aromatic nitrogens is 1. The van der Waals surface area contributed by atoms with Gasteiger partial charge < -0.3 is 0 Å². The quantitative estimate of drug-likeness (QED) is 0.789. The fourth-order valence-electron chi connectivity index (χ4n) is 1.70. The van der Waals surface area contributed by atoms with Crippen molar-refractivity contribution in [3.8, 4) is 17.2 Å². The van der Waals surface area contributed by atoms with Crippen molar-refractivity contribution >= 4 is 34.8 Å². The zero-order valence-corrected chi connectivity index (χ0v) is 11.7. The van der Waals surface area contributed by atoms with E-state index in [0.717, 1.165) is 6.20 Å². The Morgan fingerprint density at radius 1 is 1.16 bits per heavy atom. The summed E-state index contributed by atoms with van der Waals surface area (Å²) in [4.78, 5) is 3.90. The van der Waals surface area contributed by atoms with E-state index < -0.39 is 5.82 Å². The van der Waals surface area contributed by atoms with Gasteiger partial charge in [-0.1, -0.05) is 34.8 Å². The van der Waals surface area contributed by atoms with Gasteiger partial charge in [0.05, 0.1) is 34.4 Å². The van der Waals surface area contributed by atoms with Gasteiger partial charge in [0.1, 0.15) is 5.82 Å². The Morgan fingerprint density at radius 2 is 1.79 bits per heavy atom. The van der Waals surface area contributed by atoms with Crippen molar-refractivity contribution in [1.82, 2.24) is 4.98 Å². The molecule has 2 aromatic rings. The molecule has 2 rings (SSSR count). The molecule has 0 aliphatic carbocycles. The lowest BCUT2D eigenvalue weighted by molar-refractivity contribution is 0.620. The van der Waals surface area contributed by atoms with E-state index in [2.05, 4.69) is 4.98 Å². The van der Waals surface area contributed by atoms with Crippen LogP contribution in [0.2, 0.25) is 15.1 Å². The van der Waals surface area contributed by atoms with E-state index in [0.29, 0.717) is 21.8 Å². The number of hydrogen-bond acceptors (Lipinski definition) is 2. The van der Waals surface area contributed by atoms with Crippen LogP contribution in [0.15, 0.2) is 24.4 Å². The number of rotatable bonds is 2. The molecule has 1 heterocycles. The average molecular weight is 316 g/mol. The van der Waals surface area contributed by atoms with E-state index >= 15 is 0 Å². The molecule has 0 unspecified atom stereocenters. The predicted molar refractivity (Wildman–Crippen MR) is 74.0 cm³/mol. The minimum absolute atomic E-state index is 0.0326. The summed E-state index contributed by atoms with van der Waals surface area (Å²) in [5, 5.41) is 9.71. The molecule has 0 fully saturated rings. The van der Waals surface area contributed by atoms with E-state index in [1.54, 1.807) is 0 Å². The molecule has 1 aromatic heterocycles. The van der Waals surface area contributed by atoms with Gasteiger partial charge in [0.25, 0.3) is 0 Å². The van der Waals surface area contributed by atoms with Crippen molar-refractivity contribution in [2.75, 3.05) is 0 Å². The van der Waals surface area contributed by atoms with Crippen LogP contribution >= 0.6 is 34.8 Å². The summed E-state index contributed by atoms with van der Waals surface area (Å²) in [6.45, 7) is 0. The Kier molecular flexibility index (Phi) is 4.26. The first-order valence-electron chi connectivity index (χ1n) is 5.19. The molecule has 0 bridgehead atoms. The van der Waals surface area contributed by atoms with Gasteiger partial charge >= 0.3 is 0 Å². The summed E-state index contributed by atoms with van der Waals surface area (Å²) in [7, 11) is 0. The van der Waals surface area contributed by atoms with Gasteiger partial charge in [-0.25, -0.2) is 4.39 Å². The second kappa shape index (κ2) is 5.75. The number of pyridine rings is 1. The molecule has 0 aliphatic heterocycles. The summed E-state index contributed by atoms with van der Waals surface area (Å²) in [5.74, 6) is -0.529. The van der Waals surface area contributed by atoms with Gasteiger partial charge in [-0.3, -0.25) is 4.98 Å². The number of halogens is 4. The summed E-state index contributed by atoms with van der Waals surface area (Å²) < 4.78 is 13.4. The zero-order valence-electron chi connectivity index (χ0n) is 9.42. The van der Waals surface area contributed by atoms with Gasteiger partial charge in [0.15, 0.2) is 0 Å². The topological polar surface area (TPSA) is 36.7 Å². The fourth-order valence-corrected chi connectivity index (χ4v) is 2.72. The molecular weight excluding hydrogens is 310 g/mol. The standard InChI is InChI=1S/C13H6Cl3FN2/c14-7-3-10(15)13(11(16)4-7)9-5-8(17)6-19-12(9)1-2-18/h3-6H,1H2. The predicted octanol–water partition coefficient (Wildman–Crippen LogP) is 4.91. The van der Waals surface area contributed by atoms with Crippen LogP contribution in [0, 0.1) is 17.1 Å². The summed E-state index contributed by atoms with van der Waals surface area (Å²) in [6, 6.07) is 6.23. The molecule has 0 N–H and O–H groups in total. The molecule has 0 saturated heterocycles. The molecule has 0 aliphatic rings. The lowest BCUT2D eigenvalue weighted by Crippen LogP contribution is -1.96. The maximum absolute atomic E-state index is 13.4. The Balaban J connectivity index is 2.71. The SMILES string of the molecule is N#CCc1ncc(F)cc1-c1c(Cl)cc(Cl)cc1Cl. The van der Waals surface area contributed by atoms with Crippen molar-refractivity contribution in [3.63, 3.8) is 0 Å². The maximum Gasteiger partial charge on any atom is 0.142 e. The van der Waals surface area contributed by atoms with Crippen LogP contribution in [0.25, 0.3) is 11.1 Å². The maximum atomic E-state index is 13.4. The minimum Gasteiger partial charge on any atom is -0.257 e. The molecule has 0 spiro atoms. The van der Waals surface area contributed by atoms with Crippen LogP contribution in [0.3, 0.4) is 0 Å². The Labute approximate surface area is 124 Å². The summed E-state index contributed by atoms with van der Waals surface area (Å²) >= 11 is 18.0. The third-order valence-electron chi connectivity index (χ3n) is 2.46. The van der Waals surface area contributed by atoms with Crippen molar-refractivity contribution in [1.29, 1.82) is 5.26 Å². The molecular formula is C13H6Cl3FN2. The van der Waals surface area contributed by atoms with Crippen LogP contribution in [0.1, 0.15) is 5.69 Å². The van der Waals surface area contributed by atoms with E-state index in [1.807, 2.05) is 6.07 Å². The van der Waals surface area contributed by atoms with Crippen molar-refractivity contribution in [2.24, 2.45) is 0 Å². The van der Waals surface area contributed by atoms with Crippen LogP contribution in [0.5, 0.6) is 0 Å². The van der Waals surface area contributed by atoms with Crippen LogP contribution in [-0.2, 0) is 6.42 Å². The van der Waals surface area contributed by atoms with E-state index in [9.17, 15) is 4.39 Å². The molecule has 19 heavy (non-hydrogen) atoms. The van der Waals surface area contributed by atoms with Crippen molar-refractivity contribution in [3.05, 3.63) is 51.0 Å². The first-order chi connectivity index (χ1) is 9.02.